The molecule has 3 N–H and O–H groups in total. The first-order valence-electron chi connectivity index (χ1n) is 7.53. The topological polar surface area (TPSA) is 99.8 Å². The van der Waals surface area contributed by atoms with E-state index in [-0.39, 0.29) is 12.5 Å². The van der Waals surface area contributed by atoms with Crippen molar-refractivity contribution in [3.8, 4) is 0 Å². The van der Waals surface area contributed by atoms with Crippen LogP contribution in [0.2, 0.25) is 0 Å². The molecule has 0 aliphatic heterocycles. The molecule has 132 valence electrons. The summed E-state index contributed by atoms with van der Waals surface area (Å²) < 4.78 is 4.87. The number of carbonyl (C=O) groups is 3. The molecule has 0 aliphatic carbocycles. The molecule has 4 amide bonds. The molecule has 0 unspecified atom stereocenters. The SMILES string of the molecule is CNC(=O)NC(=O)[C@H](c1ccccc1)N(C)CC(=O)NCCOC. The van der Waals surface area contributed by atoms with Gasteiger partial charge in [-0.2, -0.15) is 0 Å². The summed E-state index contributed by atoms with van der Waals surface area (Å²) in [6, 6.07) is 7.59. The number of rotatable bonds is 8. The Kier molecular flexibility index (Phi) is 8.45. The normalized spacial score (nSPS) is 11.7. The van der Waals surface area contributed by atoms with Crippen LogP contribution in [-0.2, 0) is 14.3 Å². The molecule has 1 aromatic carbocycles. The Morgan fingerprint density at radius 1 is 1.21 bits per heavy atom. The number of hydrogen-bond donors (Lipinski definition) is 3. The minimum absolute atomic E-state index is 0.00440. The number of likely N-dealkylation sites (N-methyl/N-ethyl adjacent to an activating group) is 1. The van der Waals surface area contributed by atoms with E-state index in [0.29, 0.717) is 18.7 Å². The third-order valence-corrected chi connectivity index (χ3v) is 3.29. The molecule has 1 aromatic rings. The summed E-state index contributed by atoms with van der Waals surface area (Å²) in [5, 5.41) is 7.28. The van der Waals surface area contributed by atoms with E-state index >= 15 is 0 Å². The fourth-order valence-electron chi connectivity index (χ4n) is 2.15. The molecule has 1 atom stereocenters. The van der Waals surface area contributed by atoms with E-state index in [0.717, 1.165) is 0 Å². The lowest BCUT2D eigenvalue weighted by molar-refractivity contribution is -0.127. The minimum Gasteiger partial charge on any atom is -0.383 e. The molecule has 8 heteroatoms. The number of imide groups is 1. The molecule has 0 aliphatic rings. The van der Waals surface area contributed by atoms with Gasteiger partial charge in [0.15, 0.2) is 0 Å². The van der Waals surface area contributed by atoms with Gasteiger partial charge in [0.2, 0.25) is 11.8 Å². The second-order valence-electron chi connectivity index (χ2n) is 5.14. The van der Waals surface area contributed by atoms with Gasteiger partial charge in [-0.1, -0.05) is 30.3 Å². The van der Waals surface area contributed by atoms with E-state index in [4.69, 9.17) is 4.74 Å². The molecule has 0 heterocycles. The largest absolute Gasteiger partial charge is 0.383 e. The van der Waals surface area contributed by atoms with Crippen LogP contribution in [-0.4, -0.2) is 63.6 Å². The Morgan fingerprint density at radius 2 is 1.88 bits per heavy atom. The lowest BCUT2D eigenvalue weighted by Gasteiger charge is -2.26. The third kappa shape index (κ3) is 6.35. The first-order chi connectivity index (χ1) is 11.5. The highest BCUT2D eigenvalue weighted by molar-refractivity contribution is 5.97. The van der Waals surface area contributed by atoms with Crippen molar-refractivity contribution in [3.63, 3.8) is 0 Å². The van der Waals surface area contributed by atoms with Crippen LogP contribution in [0.5, 0.6) is 0 Å². The molecule has 0 aromatic heterocycles. The van der Waals surface area contributed by atoms with Crippen molar-refractivity contribution in [2.45, 2.75) is 6.04 Å². The van der Waals surface area contributed by atoms with Gasteiger partial charge in [0, 0.05) is 20.7 Å². The van der Waals surface area contributed by atoms with Gasteiger partial charge in [-0.25, -0.2) is 4.79 Å². The van der Waals surface area contributed by atoms with E-state index in [1.807, 2.05) is 6.07 Å². The number of benzene rings is 1. The number of amides is 4. The van der Waals surface area contributed by atoms with Crippen LogP contribution < -0.4 is 16.0 Å². The third-order valence-electron chi connectivity index (χ3n) is 3.29. The van der Waals surface area contributed by atoms with Crippen molar-refractivity contribution in [1.82, 2.24) is 20.9 Å². The van der Waals surface area contributed by atoms with Gasteiger partial charge in [0.25, 0.3) is 0 Å². The number of nitrogens with zero attached hydrogens (tertiary/aromatic N) is 1. The molecule has 0 radical (unpaired) electrons. The van der Waals surface area contributed by atoms with E-state index in [1.165, 1.54) is 7.05 Å². The van der Waals surface area contributed by atoms with Gasteiger partial charge >= 0.3 is 6.03 Å². The van der Waals surface area contributed by atoms with Gasteiger partial charge in [0.1, 0.15) is 6.04 Å². The zero-order valence-electron chi connectivity index (χ0n) is 14.2. The highest BCUT2D eigenvalue weighted by Gasteiger charge is 2.27. The highest BCUT2D eigenvalue weighted by Crippen LogP contribution is 2.19. The molecule has 0 saturated heterocycles. The van der Waals surface area contributed by atoms with Crippen molar-refractivity contribution in [2.24, 2.45) is 0 Å². The van der Waals surface area contributed by atoms with Crippen molar-refractivity contribution in [2.75, 3.05) is 40.9 Å². The molecule has 0 spiro atoms. The number of methoxy groups -OCH3 is 1. The predicted octanol–water partition coefficient (Wildman–Crippen LogP) is -0.122. The van der Waals surface area contributed by atoms with Crippen LogP contribution in [0, 0.1) is 0 Å². The number of carbonyl (C=O) groups excluding carboxylic acids is 3. The summed E-state index contributed by atoms with van der Waals surface area (Å²) in [7, 11) is 4.62. The average molecular weight is 336 g/mol. The fraction of sp³-hybridized carbons (Fsp3) is 0.438. The highest BCUT2D eigenvalue weighted by atomic mass is 16.5. The summed E-state index contributed by atoms with van der Waals surface area (Å²) in [6.45, 7) is 0.808. The Morgan fingerprint density at radius 3 is 2.46 bits per heavy atom. The summed E-state index contributed by atoms with van der Waals surface area (Å²) in [5.74, 6) is -0.740. The standard InChI is InChI=1S/C16H24N4O4/c1-17-16(23)19-15(22)14(12-7-5-4-6-8-12)20(2)11-13(21)18-9-10-24-3/h4-8,14H,9-11H2,1-3H3,(H,18,21)(H2,17,19,22,23)/t14-/m0/s1. The smallest absolute Gasteiger partial charge is 0.321 e. The monoisotopic (exact) mass is 336 g/mol. The van der Waals surface area contributed by atoms with Crippen LogP contribution in [0.1, 0.15) is 11.6 Å². The maximum atomic E-state index is 12.4. The van der Waals surface area contributed by atoms with E-state index < -0.39 is 18.0 Å². The summed E-state index contributed by atoms with van der Waals surface area (Å²) >= 11 is 0. The van der Waals surface area contributed by atoms with Crippen LogP contribution >= 0.6 is 0 Å². The molecular formula is C16H24N4O4. The lowest BCUT2D eigenvalue weighted by Crippen LogP contribution is -2.47. The molecule has 8 nitrogen and oxygen atoms in total. The van der Waals surface area contributed by atoms with Gasteiger partial charge in [-0.3, -0.25) is 19.8 Å². The van der Waals surface area contributed by atoms with Gasteiger partial charge in [-0.05, 0) is 12.6 Å². The lowest BCUT2D eigenvalue weighted by atomic mass is 10.0. The van der Waals surface area contributed by atoms with Crippen molar-refractivity contribution >= 4 is 17.8 Å². The van der Waals surface area contributed by atoms with E-state index in [2.05, 4.69) is 16.0 Å². The Hall–Kier alpha value is -2.45. The van der Waals surface area contributed by atoms with Crippen LogP contribution in [0.3, 0.4) is 0 Å². The van der Waals surface area contributed by atoms with Gasteiger partial charge < -0.3 is 15.4 Å². The predicted molar refractivity (Wildman–Crippen MR) is 89.3 cm³/mol. The van der Waals surface area contributed by atoms with Gasteiger partial charge in [0.05, 0.1) is 13.2 Å². The minimum atomic E-state index is -0.767. The molecule has 0 bridgehead atoms. The number of hydrogen-bond acceptors (Lipinski definition) is 5. The quantitative estimate of drug-likeness (QED) is 0.575. The first-order valence-corrected chi connectivity index (χ1v) is 7.53. The fourth-order valence-corrected chi connectivity index (χ4v) is 2.15. The second-order valence-corrected chi connectivity index (χ2v) is 5.14. The molecule has 1 rings (SSSR count). The molecule has 0 saturated carbocycles. The molecule has 24 heavy (non-hydrogen) atoms. The molecular weight excluding hydrogens is 312 g/mol. The Labute approximate surface area is 141 Å². The van der Waals surface area contributed by atoms with Crippen molar-refractivity contribution < 1.29 is 19.1 Å². The van der Waals surface area contributed by atoms with Crippen molar-refractivity contribution in [1.29, 1.82) is 0 Å². The average Bonchev–Trinajstić information content (AvgIpc) is 2.56. The maximum Gasteiger partial charge on any atom is 0.321 e. The summed E-state index contributed by atoms with van der Waals surface area (Å²) in [5.41, 5.74) is 0.686. The first kappa shape index (κ1) is 19.6. The summed E-state index contributed by atoms with van der Waals surface area (Å²) in [6.07, 6.45) is 0. The zero-order chi connectivity index (χ0) is 17.9. The number of ether oxygens (including phenoxy) is 1. The Balaban J connectivity index is 2.82. The number of urea groups is 1. The Bertz CT molecular complexity index is 550. The van der Waals surface area contributed by atoms with Crippen LogP contribution in [0.25, 0.3) is 0 Å². The number of nitrogens with one attached hydrogen (secondary N) is 3. The maximum absolute atomic E-state index is 12.4. The van der Waals surface area contributed by atoms with Crippen molar-refractivity contribution in [3.05, 3.63) is 35.9 Å². The zero-order valence-corrected chi connectivity index (χ0v) is 14.2. The molecule has 0 fully saturated rings. The van der Waals surface area contributed by atoms with Crippen LogP contribution in [0.4, 0.5) is 4.79 Å². The van der Waals surface area contributed by atoms with E-state index in [9.17, 15) is 14.4 Å². The van der Waals surface area contributed by atoms with Gasteiger partial charge in [-0.15, -0.1) is 0 Å². The van der Waals surface area contributed by atoms with E-state index in [1.54, 1.807) is 43.3 Å². The summed E-state index contributed by atoms with van der Waals surface area (Å²) in [4.78, 5) is 37.4. The second kappa shape index (κ2) is 10.3. The van der Waals surface area contributed by atoms with Crippen LogP contribution in [0.15, 0.2) is 30.3 Å².